The molecule has 1 amide bonds. The molecule has 2 aliphatic heterocycles. The lowest BCUT2D eigenvalue weighted by Gasteiger charge is -2.56. The van der Waals surface area contributed by atoms with Crippen LogP contribution in [0.4, 0.5) is 4.79 Å². The molecule has 6 nitrogen and oxygen atoms in total. The Kier molecular flexibility index (Phi) is 5.41. The van der Waals surface area contributed by atoms with Crippen molar-refractivity contribution in [3.63, 3.8) is 0 Å². The van der Waals surface area contributed by atoms with Gasteiger partial charge in [-0.05, 0) is 81.2 Å². The zero-order valence-electron chi connectivity index (χ0n) is 19.8. The van der Waals surface area contributed by atoms with Gasteiger partial charge in [-0.2, -0.15) is 5.26 Å². The Morgan fingerprint density at radius 1 is 1.18 bits per heavy atom. The fourth-order valence-electron chi connectivity index (χ4n) is 5.61. The summed E-state index contributed by atoms with van der Waals surface area (Å²) in [7, 11) is 0. The van der Waals surface area contributed by atoms with Crippen LogP contribution in [0.1, 0.15) is 62.8 Å². The lowest BCUT2D eigenvalue weighted by atomic mass is 9.71. The highest BCUT2D eigenvalue weighted by atomic mass is 16.6. The van der Waals surface area contributed by atoms with Gasteiger partial charge >= 0.3 is 6.09 Å². The van der Waals surface area contributed by atoms with Gasteiger partial charge in [-0.3, -0.25) is 9.88 Å². The van der Waals surface area contributed by atoms with E-state index in [1.54, 1.807) is 6.20 Å². The highest BCUT2D eigenvalue weighted by Gasteiger charge is 2.48. The molecule has 1 aromatic carbocycles. The molecule has 2 aromatic rings. The molecule has 33 heavy (non-hydrogen) atoms. The fraction of sp³-hybridized carbons (Fsp3) is 0.519. The summed E-state index contributed by atoms with van der Waals surface area (Å²) < 4.78 is 5.55. The van der Waals surface area contributed by atoms with E-state index >= 15 is 0 Å². The number of rotatable bonds is 2. The second-order valence-electron chi connectivity index (χ2n) is 10.9. The van der Waals surface area contributed by atoms with Crippen molar-refractivity contribution in [3.8, 4) is 17.3 Å². The van der Waals surface area contributed by atoms with Crippen molar-refractivity contribution in [2.24, 2.45) is 5.41 Å². The van der Waals surface area contributed by atoms with Gasteiger partial charge in [0.05, 0.1) is 11.3 Å². The van der Waals surface area contributed by atoms with Crippen molar-refractivity contribution in [2.75, 3.05) is 26.2 Å². The minimum atomic E-state index is -0.439. The lowest BCUT2D eigenvalue weighted by molar-refractivity contribution is -0.0716. The van der Waals surface area contributed by atoms with Crippen molar-refractivity contribution in [3.05, 3.63) is 53.2 Å². The largest absolute Gasteiger partial charge is 0.444 e. The van der Waals surface area contributed by atoms with Gasteiger partial charge in [-0.25, -0.2) is 4.79 Å². The van der Waals surface area contributed by atoms with E-state index in [9.17, 15) is 4.79 Å². The molecule has 3 aliphatic rings. The Labute approximate surface area is 196 Å². The van der Waals surface area contributed by atoms with Crippen molar-refractivity contribution in [2.45, 2.75) is 58.1 Å². The number of piperidine rings is 1. The molecule has 0 radical (unpaired) electrons. The van der Waals surface area contributed by atoms with Gasteiger partial charge in [0.1, 0.15) is 11.7 Å². The van der Waals surface area contributed by atoms with Gasteiger partial charge in [0.25, 0.3) is 0 Å². The number of hydrogen-bond donors (Lipinski definition) is 0. The van der Waals surface area contributed by atoms with Crippen molar-refractivity contribution >= 4 is 6.09 Å². The Bertz CT molecular complexity index is 1080. The number of ether oxygens (including phenoxy) is 1. The van der Waals surface area contributed by atoms with E-state index in [0.717, 1.165) is 56.7 Å². The number of benzene rings is 1. The maximum atomic E-state index is 12.4. The highest BCUT2D eigenvalue weighted by molar-refractivity contribution is 5.68. The second kappa shape index (κ2) is 8.14. The number of amides is 1. The maximum Gasteiger partial charge on any atom is 0.410 e. The molecule has 6 heteroatoms. The van der Waals surface area contributed by atoms with Crippen molar-refractivity contribution in [1.29, 1.82) is 5.26 Å². The summed E-state index contributed by atoms with van der Waals surface area (Å²) in [4.78, 5) is 21.3. The minimum Gasteiger partial charge on any atom is -0.444 e. The van der Waals surface area contributed by atoms with Crippen molar-refractivity contribution in [1.82, 2.24) is 14.8 Å². The van der Waals surface area contributed by atoms with Gasteiger partial charge in [0.2, 0.25) is 0 Å². The molecule has 2 fully saturated rings. The second-order valence-corrected chi connectivity index (χ2v) is 10.9. The molecule has 1 aliphatic carbocycles. The van der Waals surface area contributed by atoms with E-state index in [1.807, 2.05) is 37.8 Å². The zero-order valence-corrected chi connectivity index (χ0v) is 19.8. The number of nitrogens with zero attached hydrogens (tertiary/aromatic N) is 4. The van der Waals surface area contributed by atoms with Crippen LogP contribution >= 0.6 is 0 Å². The summed E-state index contributed by atoms with van der Waals surface area (Å²) in [5.74, 6) is 0. The summed E-state index contributed by atoms with van der Waals surface area (Å²) in [5, 5.41) is 8.99. The summed E-state index contributed by atoms with van der Waals surface area (Å²) in [5.41, 5.74) is 5.41. The number of likely N-dealkylation sites (tertiary alicyclic amines) is 2. The van der Waals surface area contributed by atoms with E-state index in [4.69, 9.17) is 10.00 Å². The fourth-order valence-corrected chi connectivity index (χ4v) is 5.61. The molecule has 0 bridgehead atoms. The van der Waals surface area contributed by atoms with Crippen LogP contribution in [0.5, 0.6) is 0 Å². The monoisotopic (exact) mass is 444 g/mol. The van der Waals surface area contributed by atoms with Crippen LogP contribution in [0.2, 0.25) is 0 Å². The van der Waals surface area contributed by atoms with Crippen LogP contribution in [0.25, 0.3) is 11.3 Å². The molecule has 0 unspecified atom stereocenters. The molecular weight excluding hydrogens is 412 g/mol. The van der Waals surface area contributed by atoms with E-state index in [-0.39, 0.29) is 6.09 Å². The van der Waals surface area contributed by atoms with E-state index in [2.05, 4.69) is 34.2 Å². The Hall–Kier alpha value is -2.91. The molecule has 2 saturated heterocycles. The summed E-state index contributed by atoms with van der Waals surface area (Å²) in [6.45, 7) is 9.60. The molecule has 0 saturated carbocycles. The number of pyridine rings is 1. The average molecular weight is 445 g/mol. The number of fused-ring (bicyclic) bond motifs is 1. The highest BCUT2D eigenvalue weighted by Crippen LogP contribution is 2.48. The number of aromatic nitrogens is 1. The summed E-state index contributed by atoms with van der Waals surface area (Å²) in [6.07, 6.45) is 5.85. The summed E-state index contributed by atoms with van der Waals surface area (Å²) in [6, 6.07) is 13.1. The van der Waals surface area contributed by atoms with Crippen LogP contribution in [0, 0.1) is 16.7 Å². The first-order valence-electron chi connectivity index (χ1n) is 12.0. The third kappa shape index (κ3) is 4.35. The standard InChI is InChI=1S/C27H32N4O2/c1-26(2,3)33-25(32)30-12-10-27(11-13-30)17-31(18-27)24-9-6-20-14-21(5-7-22(20)24)23-8-4-19(15-28)16-29-23/h4-5,7-8,14,16,24H,6,9-13,17-18H2,1-3H3/t24-/m1/s1. The molecule has 3 heterocycles. The van der Waals surface area contributed by atoms with E-state index < -0.39 is 5.60 Å². The maximum absolute atomic E-state index is 12.4. The van der Waals surface area contributed by atoms with Gasteiger partial charge in [0.15, 0.2) is 0 Å². The van der Waals surface area contributed by atoms with Crippen LogP contribution in [0.15, 0.2) is 36.5 Å². The first-order chi connectivity index (χ1) is 15.8. The predicted octanol–water partition coefficient (Wildman–Crippen LogP) is 4.94. The Morgan fingerprint density at radius 3 is 2.58 bits per heavy atom. The SMILES string of the molecule is CC(C)(C)OC(=O)N1CCC2(CC1)CN([C@@H]1CCc3cc(-c4ccc(C#N)cn4)ccc31)C2. The van der Waals surface area contributed by atoms with Crippen molar-refractivity contribution < 1.29 is 9.53 Å². The Balaban J connectivity index is 1.19. The molecule has 1 spiro atoms. The molecule has 1 aromatic heterocycles. The molecular formula is C27H32N4O2. The van der Waals surface area contributed by atoms with Gasteiger partial charge in [0, 0.05) is 44.0 Å². The first kappa shape index (κ1) is 21.9. The quantitative estimate of drug-likeness (QED) is 0.656. The van der Waals surface area contributed by atoms with Crippen LogP contribution in [0.3, 0.4) is 0 Å². The molecule has 5 rings (SSSR count). The first-order valence-corrected chi connectivity index (χ1v) is 12.0. The molecule has 172 valence electrons. The smallest absolute Gasteiger partial charge is 0.410 e. The van der Waals surface area contributed by atoms with Crippen LogP contribution in [-0.4, -0.2) is 52.7 Å². The Morgan fingerprint density at radius 2 is 1.94 bits per heavy atom. The number of nitriles is 1. The van der Waals surface area contributed by atoms with E-state index in [0.29, 0.717) is 17.0 Å². The molecule has 1 atom stereocenters. The van der Waals surface area contributed by atoms with Gasteiger partial charge < -0.3 is 9.64 Å². The number of carbonyl (C=O) groups excluding carboxylic acids is 1. The lowest BCUT2D eigenvalue weighted by Crippen LogP contribution is -2.61. The predicted molar refractivity (Wildman–Crippen MR) is 126 cm³/mol. The topological polar surface area (TPSA) is 69.5 Å². The zero-order chi connectivity index (χ0) is 23.2. The van der Waals surface area contributed by atoms with E-state index in [1.165, 1.54) is 17.5 Å². The van der Waals surface area contributed by atoms with Gasteiger partial charge in [-0.15, -0.1) is 0 Å². The normalized spacial score (nSPS) is 21.9. The average Bonchev–Trinajstić information content (AvgIpc) is 3.19. The third-order valence-corrected chi connectivity index (χ3v) is 7.37. The number of carbonyl (C=O) groups is 1. The third-order valence-electron chi connectivity index (χ3n) is 7.37. The number of aryl methyl sites for hydroxylation is 1. The van der Waals surface area contributed by atoms with Crippen LogP contribution < -0.4 is 0 Å². The van der Waals surface area contributed by atoms with Crippen LogP contribution in [-0.2, 0) is 11.2 Å². The van der Waals surface area contributed by atoms with Gasteiger partial charge in [-0.1, -0.05) is 12.1 Å². The minimum absolute atomic E-state index is 0.175. The number of hydrogen-bond acceptors (Lipinski definition) is 5. The molecule has 0 N–H and O–H groups in total. The summed E-state index contributed by atoms with van der Waals surface area (Å²) >= 11 is 0.